The lowest BCUT2D eigenvalue weighted by molar-refractivity contribution is -0.115. The molecular weight excluding hydrogens is 220 g/mol. The predicted molar refractivity (Wildman–Crippen MR) is 64.3 cm³/mol. The zero-order valence-electron chi connectivity index (χ0n) is 9.82. The molecule has 1 aliphatic rings. The van der Waals surface area contributed by atoms with E-state index in [2.05, 4.69) is 5.32 Å². The summed E-state index contributed by atoms with van der Waals surface area (Å²) in [6.45, 7) is 0.576. The molecule has 0 bridgehead atoms. The third-order valence-electron chi connectivity index (χ3n) is 2.77. The fourth-order valence-electron chi connectivity index (χ4n) is 1.92. The Hall–Kier alpha value is -2.04. The number of benzene rings is 1. The van der Waals surface area contributed by atoms with E-state index in [4.69, 9.17) is 4.74 Å². The first-order valence-electron chi connectivity index (χ1n) is 5.36. The Bertz CT molecular complexity index is 471. The Morgan fingerprint density at radius 1 is 1.47 bits per heavy atom. The zero-order chi connectivity index (χ0) is 12.4. The van der Waals surface area contributed by atoms with E-state index in [1.54, 1.807) is 18.2 Å². The van der Waals surface area contributed by atoms with Crippen LogP contribution in [0.3, 0.4) is 0 Å². The maximum absolute atomic E-state index is 11.7. The number of carbonyl (C=O) groups excluding carboxylic acids is 2. The second kappa shape index (κ2) is 4.45. The van der Waals surface area contributed by atoms with Gasteiger partial charge < -0.3 is 15.0 Å². The molecule has 0 spiro atoms. The van der Waals surface area contributed by atoms with Gasteiger partial charge in [-0.3, -0.25) is 4.79 Å². The van der Waals surface area contributed by atoms with E-state index in [0.717, 1.165) is 0 Å². The third-order valence-corrected chi connectivity index (χ3v) is 2.77. The minimum atomic E-state index is -0.398. The van der Waals surface area contributed by atoms with Gasteiger partial charge in [-0.2, -0.15) is 0 Å². The summed E-state index contributed by atoms with van der Waals surface area (Å²) in [5, 5.41) is 2.78. The van der Waals surface area contributed by atoms with Gasteiger partial charge in [-0.05, 0) is 12.1 Å². The van der Waals surface area contributed by atoms with Crippen molar-refractivity contribution < 1.29 is 14.3 Å². The topological polar surface area (TPSA) is 58.6 Å². The molecule has 2 rings (SSSR count). The molecule has 0 fully saturated rings. The van der Waals surface area contributed by atoms with Gasteiger partial charge in [0, 0.05) is 20.0 Å². The van der Waals surface area contributed by atoms with Gasteiger partial charge in [0.05, 0.1) is 24.0 Å². The average Bonchev–Trinajstić information content (AvgIpc) is 2.48. The molecule has 5 nitrogen and oxygen atoms in total. The van der Waals surface area contributed by atoms with E-state index >= 15 is 0 Å². The van der Waals surface area contributed by atoms with Crippen LogP contribution in [0.25, 0.3) is 0 Å². The van der Waals surface area contributed by atoms with Gasteiger partial charge in [0.25, 0.3) is 0 Å². The highest BCUT2D eigenvalue weighted by atomic mass is 16.5. The van der Waals surface area contributed by atoms with E-state index in [9.17, 15) is 9.59 Å². The van der Waals surface area contributed by atoms with E-state index in [1.165, 1.54) is 7.11 Å². The summed E-state index contributed by atoms with van der Waals surface area (Å²) in [6.07, 6.45) is 0.409. The van der Waals surface area contributed by atoms with Crippen molar-refractivity contribution in [3.63, 3.8) is 0 Å². The number of anilines is 2. The molecule has 0 radical (unpaired) electrons. The highest BCUT2D eigenvalue weighted by Gasteiger charge is 2.22. The Labute approximate surface area is 99.4 Å². The Morgan fingerprint density at radius 3 is 2.94 bits per heavy atom. The van der Waals surface area contributed by atoms with Gasteiger partial charge in [0.1, 0.15) is 0 Å². The summed E-state index contributed by atoms with van der Waals surface area (Å²) in [6, 6.07) is 5.20. The van der Waals surface area contributed by atoms with Crippen LogP contribution in [0.2, 0.25) is 0 Å². The lowest BCUT2D eigenvalue weighted by Crippen LogP contribution is -2.21. The van der Waals surface area contributed by atoms with Crippen molar-refractivity contribution in [3.05, 3.63) is 23.8 Å². The molecule has 17 heavy (non-hydrogen) atoms. The SMILES string of the molecule is COC(=O)c1cccc2c1N(C)CCC(=O)N2. The van der Waals surface area contributed by atoms with E-state index < -0.39 is 5.97 Å². The summed E-state index contributed by atoms with van der Waals surface area (Å²) >= 11 is 0. The fourth-order valence-corrected chi connectivity index (χ4v) is 1.92. The number of carbonyl (C=O) groups is 2. The van der Waals surface area contributed by atoms with E-state index in [0.29, 0.717) is 29.9 Å². The number of para-hydroxylation sites is 1. The monoisotopic (exact) mass is 234 g/mol. The first-order chi connectivity index (χ1) is 8.13. The van der Waals surface area contributed by atoms with E-state index in [1.807, 2.05) is 11.9 Å². The molecule has 5 heteroatoms. The summed E-state index contributed by atoms with van der Waals surface area (Å²) in [5.41, 5.74) is 1.83. The molecule has 90 valence electrons. The largest absolute Gasteiger partial charge is 0.465 e. The molecule has 1 aromatic rings. The molecule has 1 amide bonds. The molecule has 0 aliphatic carbocycles. The van der Waals surface area contributed by atoms with Crippen LogP contribution in [0.1, 0.15) is 16.8 Å². The molecule has 0 atom stereocenters. The Balaban J connectivity index is 2.54. The van der Waals surface area contributed by atoms with Crippen molar-refractivity contribution in [1.29, 1.82) is 0 Å². The zero-order valence-corrected chi connectivity index (χ0v) is 9.82. The van der Waals surface area contributed by atoms with Crippen molar-refractivity contribution in [2.24, 2.45) is 0 Å². The first kappa shape index (κ1) is 11.4. The van der Waals surface area contributed by atoms with Gasteiger partial charge in [0.15, 0.2) is 0 Å². The number of esters is 1. The van der Waals surface area contributed by atoms with Crippen LogP contribution in [0.15, 0.2) is 18.2 Å². The number of rotatable bonds is 1. The number of nitrogens with zero attached hydrogens (tertiary/aromatic N) is 1. The smallest absolute Gasteiger partial charge is 0.340 e. The van der Waals surface area contributed by atoms with Crippen molar-refractivity contribution in [2.45, 2.75) is 6.42 Å². The minimum absolute atomic E-state index is 0.0439. The molecule has 1 heterocycles. The van der Waals surface area contributed by atoms with Crippen LogP contribution < -0.4 is 10.2 Å². The normalized spacial score (nSPS) is 14.7. The van der Waals surface area contributed by atoms with Gasteiger partial charge in [-0.15, -0.1) is 0 Å². The highest BCUT2D eigenvalue weighted by Crippen LogP contribution is 2.31. The standard InChI is InChI=1S/C12H14N2O3/c1-14-7-6-10(15)13-9-5-3-4-8(11(9)14)12(16)17-2/h3-5H,6-7H2,1-2H3,(H,13,15). The van der Waals surface area contributed by atoms with E-state index in [-0.39, 0.29) is 5.91 Å². The molecule has 1 N–H and O–H groups in total. The number of hydrogen-bond donors (Lipinski definition) is 1. The summed E-state index contributed by atoms with van der Waals surface area (Å²) in [7, 11) is 3.20. The molecule has 1 aliphatic heterocycles. The average molecular weight is 234 g/mol. The van der Waals surface area contributed by atoms with Crippen LogP contribution in [0, 0.1) is 0 Å². The third kappa shape index (κ3) is 2.08. The quantitative estimate of drug-likeness (QED) is 0.743. The Kier molecular flexibility index (Phi) is 2.99. The van der Waals surface area contributed by atoms with Crippen LogP contribution >= 0.6 is 0 Å². The van der Waals surface area contributed by atoms with Crippen molar-refractivity contribution >= 4 is 23.3 Å². The fraction of sp³-hybridized carbons (Fsp3) is 0.333. The predicted octanol–water partition coefficient (Wildman–Crippen LogP) is 1.25. The number of fused-ring (bicyclic) bond motifs is 1. The van der Waals surface area contributed by atoms with Crippen LogP contribution in [0.5, 0.6) is 0 Å². The van der Waals surface area contributed by atoms with Crippen LogP contribution in [-0.4, -0.2) is 32.6 Å². The number of ether oxygens (including phenoxy) is 1. The molecular formula is C12H14N2O3. The number of hydrogen-bond acceptors (Lipinski definition) is 4. The summed E-state index contributed by atoms with van der Waals surface area (Å²) in [4.78, 5) is 25.0. The molecule has 0 saturated heterocycles. The van der Waals surface area contributed by atoms with Gasteiger partial charge >= 0.3 is 5.97 Å². The number of amides is 1. The number of methoxy groups -OCH3 is 1. The molecule has 0 unspecified atom stereocenters. The van der Waals surface area contributed by atoms with Gasteiger partial charge in [-0.1, -0.05) is 6.07 Å². The molecule has 0 saturated carbocycles. The highest BCUT2D eigenvalue weighted by molar-refractivity contribution is 6.04. The summed E-state index contributed by atoms with van der Waals surface area (Å²) < 4.78 is 4.74. The lowest BCUT2D eigenvalue weighted by Gasteiger charge is -2.20. The lowest BCUT2D eigenvalue weighted by atomic mass is 10.1. The maximum Gasteiger partial charge on any atom is 0.340 e. The summed E-state index contributed by atoms with van der Waals surface area (Å²) in [5.74, 6) is -0.442. The second-order valence-electron chi connectivity index (χ2n) is 3.91. The second-order valence-corrected chi connectivity index (χ2v) is 3.91. The van der Waals surface area contributed by atoms with Crippen molar-refractivity contribution in [3.8, 4) is 0 Å². The van der Waals surface area contributed by atoms with Crippen LogP contribution in [0.4, 0.5) is 11.4 Å². The Morgan fingerprint density at radius 2 is 2.24 bits per heavy atom. The molecule has 1 aromatic carbocycles. The molecule has 0 aromatic heterocycles. The van der Waals surface area contributed by atoms with Crippen LogP contribution in [-0.2, 0) is 9.53 Å². The van der Waals surface area contributed by atoms with Crippen molar-refractivity contribution in [2.75, 3.05) is 30.9 Å². The minimum Gasteiger partial charge on any atom is -0.465 e. The maximum atomic E-state index is 11.7. The first-order valence-corrected chi connectivity index (χ1v) is 5.36. The van der Waals surface area contributed by atoms with Crippen molar-refractivity contribution in [1.82, 2.24) is 0 Å². The van der Waals surface area contributed by atoms with Gasteiger partial charge in [0.2, 0.25) is 5.91 Å². The van der Waals surface area contributed by atoms with Gasteiger partial charge in [-0.25, -0.2) is 4.79 Å². The number of nitrogens with one attached hydrogen (secondary N) is 1.